The normalized spacial score (nSPS) is 20.6. The van der Waals surface area contributed by atoms with E-state index in [1.807, 2.05) is 24.2 Å². The highest BCUT2D eigenvalue weighted by molar-refractivity contribution is 7.99. The molecular formula is C16H20N6O2S. The van der Waals surface area contributed by atoms with Gasteiger partial charge in [-0.1, -0.05) is 0 Å². The van der Waals surface area contributed by atoms with Gasteiger partial charge in [0.05, 0.1) is 36.2 Å². The topological polar surface area (TPSA) is 85.2 Å². The van der Waals surface area contributed by atoms with Crippen LogP contribution in [0, 0.1) is 0 Å². The summed E-state index contributed by atoms with van der Waals surface area (Å²) in [5.41, 5.74) is 1.64. The van der Waals surface area contributed by atoms with Crippen LogP contribution in [0.1, 0.15) is 12.8 Å². The molecule has 1 atom stereocenters. The van der Waals surface area contributed by atoms with Crippen molar-refractivity contribution in [2.45, 2.75) is 18.9 Å². The molecule has 25 heavy (non-hydrogen) atoms. The van der Waals surface area contributed by atoms with Gasteiger partial charge < -0.3 is 15.0 Å². The van der Waals surface area contributed by atoms with Gasteiger partial charge in [0, 0.05) is 31.2 Å². The van der Waals surface area contributed by atoms with Gasteiger partial charge in [-0.15, -0.1) is 0 Å². The summed E-state index contributed by atoms with van der Waals surface area (Å²) in [6.07, 6.45) is 8.27. The molecule has 0 spiro atoms. The van der Waals surface area contributed by atoms with E-state index in [0.717, 1.165) is 43.1 Å². The lowest BCUT2D eigenvalue weighted by atomic mass is 10.2. The maximum atomic E-state index is 12.1. The zero-order chi connectivity index (χ0) is 17.1. The molecule has 2 aliphatic rings. The summed E-state index contributed by atoms with van der Waals surface area (Å²) in [5.74, 6) is 2.62. The van der Waals surface area contributed by atoms with E-state index >= 15 is 0 Å². The number of hydrogen-bond donors (Lipinski definition) is 1. The number of aromatic nitrogens is 4. The number of nitrogens with one attached hydrogen (secondary N) is 1. The van der Waals surface area contributed by atoms with Crippen LogP contribution in [0.5, 0.6) is 0 Å². The van der Waals surface area contributed by atoms with Crippen molar-refractivity contribution in [1.29, 1.82) is 0 Å². The minimum absolute atomic E-state index is 0.128. The van der Waals surface area contributed by atoms with E-state index in [1.165, 1.54) is 0 Å². The monoisotopic (exact) mass is 360 g/mol. The Balaban J connectivity index is 1.41. The molecule has 132 valence electrons. The Hall–Kier alpha value is -2.13. The maximum Gasteiger partial charge on any atom is 0.253 e. The average Bonchev–Trinajstić information content (AvgIpc) is 3.35. The van der Waals surface area contributed by atoms with E-state index in [0.29, 0.717) is 18.2 Å². The molecule has 4 heterocycles. The molecule has 2 aromatic heterocycles. The zero-order valence-electron chi connectivity index (χ0n) is 13.8. The molecule has 0 saturated carbocycles. The van der Waals surface area contributed by atoms with Gasteiger partial charge >= 0.3 is 0 Å². The number of hydrogen-bond acceptors (Lipinski definition) is 7. The van der Waals surface area contributed by atoms with Crippen LogP contribution in [0.25, 0.3) is 5.95 Å². The quantitative estimate of drug-likeness (QED) is 0.880. The van der Waals surface area contributed by atoms with Crippen LogP contribution in [0.2, 0.25) is 0 Å². The van der Waals surface area contributed by atoms with Crippen molar-refractivity contribution in [3.63, 3.8) is 0 Å². The molecule has 9 heteroatoms. The Morgan fingerprint density at radius 1 is 1.24 bits per heavy atom. The SMILES string of the molecule is O=C(Nc1cnn(-c2ncc(N3CCSCC3)cn2)c1)[C@@H]1CCCO1. The van der Waals surface area contributed by atoms with E-state index in [9.17, 15) is 4.79 Å². The molecule has 2 fully saturated rings. The highest BCUT2D eigenvalue weighted by Crippen LogP contribution is 2.19. The second kappa shape index (κ2) is 7.40. The molecule has 0 unspecified atom stereocenters. The maximum absolute atomic E-state index is 12.1. The smallest absolute Gasteiger partial charge is 0.253 e. The first-order valence-electron chi connectivity index (χ1n) is 8.42. The van der Waals surface area contributed by atoms with Gasteiger partial charge in [0.1, 0.15) is 6.10 Å². The third-order valence-corrected chi connectivity index (χ3v) is 5.22. The molecule has 0 aromatic carbocycles. The van der Waals surface area contributed by atoms with Gasteiger partial charge in [-0.3, -0.25) is 4.79 Å². The first kappa shape index (κ1) is 16.3. The molecule has 0 aliphatic carbocycles. The van der Waals surface area contributed by atoms with E-state index in [-0.39, 0.29) is 12.0 Å². The third kappa shape index (κ3) is 3.77. The van der Waals surface area contributed by atoms with Crippen molar-refractivity contribution >= 4 is 29.0 Å². The average molecular weight is 360 g/mol. The van der Waals surface area contributed by atoms with Crippen LogP contribution in [0.15, 0.2) is 24.8 Å². The molecule has 2 aromatic rings. The summed E-state index contributed by atoms with van der Waals surface area (Å²) >= 11 is 1.97. The van der Waals surface area contributed by atoms with Gasteiger partial charge in [0.2, 0.25) is 0 Å². The second-order valence-corrected chi connectivity index (χ2v) is 7.23. The molecule has 4 rings (SSSR count). The summed E-state index contributed by atoms with van der Waals surface area (Å²) < 4.78 is 6.94. The lowest BCUT2D eigenvalue weighted by Crippen LogP contribution is -2.32. The standard InChI is InChI=1S/C16H20N6O2S/c23-15(14-2-1-5-24-14)20-12-8-19-22(11-12)16-17-9-13(10-18-16)21-3-6-25-7-4-21/h8-11,14H,1-7H2,(H,20,23)/t14-/m0/s1. The highest BCUT2D eigenvalue weighted by atomic mass is 32.2. The second-order valence-electron chi connectivity index (χ2n) is 6.01. The fourth-order valence-corrected chi connectivity index (χ4v) is 3.82. The van der Waals surface area contributed by atoms with Crippen molar-refractivity contribution in [1.82, 2.24) is 19.7 Å². The minimum atomic E-state index is -0.360. The lowest BCUT2D eigenvalue weighted by Gasteiger charge is -2.27. The molecule has 1 amide bonds. The number of rotatable bonds is 4. The number of ether oxygens (including phenoxy) is 1. The molecule has 2 saturated heterocycles. The van der Waals surface area contributed by atoms with Gasteiger partial charge in [-0.2, -0.15) is 16.9 Å². The summed E-state index contributed by atoms with van der Waals surface area (Å²) in [7, 11) is 0. The lowest BCUT2D eigenvalue weighted by molar-refractivity contribution is -0.124. The van der Waals surface area contributed by atoms with Crippen molar-refractivity contribution in [2.24, 2.45) is 0 Å². The van der Waals surface area contributed by atoms with E-state index < -0.39 is 0 Å². The van der Waals surface area contributed by atoms with Gasteiger partial charge in [0.25, 0.3) is 11.9 Å². The van der Waals surface area contributed by atoms with Crippen LogP contribution in [-0.4, -0.2) is 63.0 Å². The first-order valence-corrected chi connectivity index (χ1v) is 9.57. The van der Waals surface area contributed by atoms with E-state index in [4.69, 9.17) is 4.74 Å². The van der Waals surface area contributed by atoms with Crippen molar-refractivity contribution in [3.8, 4) is 5.95 Å². The Labute approximate surface area is 150 Å². The Morgan fingerprint density at radius 3 is 2.76 bits per heavy atom. The fraction of sp³-hybridized carbons (Fsp3) is 0.500. The summed E-state index contributed by atoms with van der Waals surface area (Å²) in [6, 6.07) is 0. The van der Waals surface area contributed by atoms with Crippen LogP contribution < -0.4 is 10.2 Å². The number of nitrogens with zero attached hydrogens (tertiary/aromatic N) is 5. The number of amides is 1. The number of carbonyl (C=O) groups excluding carboxylic acids is 1. The minimum Gasteiger partial charge on any atom is -0.368 e. The van der Waals surface area contributed by atoms with Crippen LogP contribution >= 0.6 is 11.8 Å². The molecule has 1 N–H and O–H groups in total. The molecule has 0 radical (unpaired) electrons. The van der Waals surface area contributed by atoms with Crippen LogP contribution in [0.4, 0.5) is 11.4 Å². The Bertz CT molecular complexity index is 722. The summed E-state index contributed by atoms with van der Waals surface area (Å²) in [6.45, 7) is 2.69. The van der Waals surface area contributed by atoms with Gasteiger partial charge in [-0.05, 0) is 12.8 Å². The molecular weight excluding hydrogens is 340 g/mol. The molecule has 2 aliphatic heterocycles. The highest BCUT2D eigenvalue weighted by Gasteiger charge is 2.24. The number of anilines is 2. The van der Waals surface area contributed by atoms with Crippen LogP contribution in [0.3, 0.4) is 0 Å². The van der Waals surface area contributed by atoms with Crippen molar-refractivity contribution in [3.05, 3.63) is 24.8 Å². The fourth-order valence-electron chi connectivity index (χ4n) is 2.92. The molecule has 8 nitrogen and oxygen atoms in total. The summed E-state index contributed by atoms with van der Waals surface area (Å²) in [5, 5.41) is 7.05. The Kier molecular flexibility index (Phi) is 4.84. The predicted octanol–water partition coefficient (Wildman–Crippen LogP) is 1.33. The number of carbonyl (C=O) groups is 1. The van der Waals surface area contributed by atoms with E-state index in [2.05, 4.69) is 25.3 Å². The van der Waals surface area contributed by atoms with Crippen molar-refractivity contribution in [2.75, 3.05) is 41.4 Å². The van der Waals surface area contributed by atoms with Gasteiger partial charge in [0.15, 0.2) is 0 Å². The van der Waals surface area contributed by atoms with Crippen molar-refractivity contribution < 1.29 is 9.53 Å². The molecule has 0 bridgehead atoms. The van der Waals surface area contributed by atoms with Crippen LogP contribution in [-0.2, 0) is 9.53 Å². The van der Waals surface area contributed by atoms with E-state index in [1.54, 1.807) is 17.1 Å². The number of thioether (sulfide) groups is 1. The third-order valence-electron chi connectivity index (χ3n) is 4.28. The summed E-state index contributed by atoms with van der Waals surface area (Å²) in [4.78, 5) is 23.2. The largest absolute Gasteiger partial charge is 0.368 e. The Morgan fingerprint density at radius 2 is 2.04 bits per heavy atom. The van der Waals surface area contributed by atoms with Gasteiger partial charge in [-0.25, -0.2) is 14.6 Å². The zero-order valence-corrected chi connectivity index (χ0v) is 14.6. The first-order chi connectivity index (χ1) is 12.3. The predicted molar refractivity (Wildman–Crippen MR) is 96.3 cm³/mol.